The average molecular weight is 339 g/mol. The van der Waals surface area contributed by atoms with E-state index in [1.54, 1.807) is 6.07 Å². The van der Waals surface area contributed by atoms with Crippen LogP contribution in [0.3, 0.4) is 0 Å². The lowest BCUT2D eigenvalue weighted by molar-refractivity contribution is -0.386. The van der Waals surface area contributed by atoms with E-state index in [0.717, 1.165) is 6.07 Å². The van der Waals surface area contributed by atoms with Crippen LogP contribution >= 0.6 is 22.6 Å². The van der Waals surface area contributed by atoms with Crippen molar-refractivity contribution in [1.82, 2.24) is 4.98 Å². The molecule has 5 nitrogen and oxygen atoms in total. The third-order valence-electron chi connectivity index (χ3n) is 1.68. The minimum absolute atomic E-state index is 0.0232. The van der Waals surface area contributed by atoms with E-state index in [1.165, 1.54) is 22.6 Å². The van der Waals surface area contributed by atoms with Gasteiger partial charge in [-0.15, -0.1) is 0 Å². The molecule has 0 fully saturated rings. The number of nitriles is 1. The van der Waals surface area contributed by atoms with Gasteiger partial charge in [0.05, 0.1) is 23.1 Å². The van der Waals surface area contributed by atoms with Gasteiger partial charge in [0.1, 0.15) is 9.26 Å². The Bertz CT molecular complexity index is 473. The molecule has 0 spiro atoms. The van der Waals surface area contributed by atoms with Gasteiger partial charge >= 0.3 is 0 Å². The molecule has 1 aromatic heterocycles. The molecule has 0 unspecified atom stereocenters. The quantitative estimate of drug-likeness (QED) is 0.482. The van der Waals surface area contributed by atoms with Crippen LogP contribution in [0.15, 0.2) is 6.07 Å². The van der Waals surface area contributed by atoms with Gasteiger partial charge in [-0.05, 0) is 22.6 Å². The molecule has 1 heterocycles. The van der Waals surface area contributed by atoms with Gasteiger partial charge in [-0.25, -0.2) is 13.8 Å². The minimum atomic E-state index is -2.90. The fourth-order valence-corrected chi connectivity index (χ4v) is 1.75. The Kier molecular flexibility index (Phi) is 4.05. The van der Waals surface area contributed by atoms with Crippen molar-refractivity contribution in [2.75, 3.05) is 0 Å². The van der Waals surface area contributed by atoms with E-state index in [4.69, 9.17) is 5.26 Å². The summed E-state index contributed by atoms with van der Waals surface area (Å²) in [6.45, 7) is 0. The number of halogens is 3. The summed E-state index contributed by atoms with van der Waals surface area (Å²) < 4.78 is 24.8. The molecule has 1 rings (SSSR count). The summed E-state index contributed by atoms with van der Waals surface area (Å²) in [6, 6.07) is 2.74. The van der Waals surface area contributed by atoms with Crippen molar-refractivity contribution in [3.63, 3.8) is 0 Å². The van der Waals surface area contributed by atoms with Gasteiger partial charge in [0.15, 0.2) is 0 Å². The number of aromatic nitrogens is 1. The molecule has 0 saturated heterocycles. The Balaban J connectivity index is 3.40. The Morgan fingerprint density at radius 2 is 2.31 bits per heavy atom. The Labute approximate surface area is 102 Å². The number of hydrogen-bond acceptors (Lipinski definition) is 4. The predicted octanol–water partition coefficient (Wildman–Crippen LogP) is 2.60. The minimum Gasteiger partial charge on any atom is -0.258 e. The molecule has 0 N–H and O–H groups in total. The average Bonchev–Trinajstić information content (AvgIpc) is 2.19. The molecule has 0 amide bonds. The van der Waals surface area contributed by atoms with Crippen molar-refractivity contribution in [3.8, 4) is 6.07 Å². The maximum Gasteiger partial charge on any atom is 0.286 e. The standard InChI is InChI=1S/C8H4F2IN3O2/c9-8(10)7-6(11)5(14(15)16)3-4(13-7)1-2-12/h3,8H,1H2. The molecule has 0 aromatic carbocycles. The summed E-state index contributed by atoms with van der Waals surface area (Å²) in [7, 11) is 0. The normalized spacial score (nSPS) is 10.2. The van der Waals surface area contributed by atoms with Gasteiger partial charge < -0.3 is 0 Å². The molecule has 0 saturated carbocycles. The SMILES string of the molecule is N#CCc1cc([N+](=O)[O-])c(I)c(C(F)F)n1. The maximum atomic E-state index is 12.5. The van der Waals surface area contributed by atoms with Crippen LogP contribution in [-0.4, -0.2) is 9.91 Å². The molecule has 8 heteroatoms. The Morgan fingerprint density at radius 1 is 1.69 bits per heavy atom. The molecule has 0 radical (unpaired) electrons. The van der Waals surface area contributed by atoms with Crippen LogP contribution in [0.5, 0.6) is 0 Å². The summed E-state index contributed by atoms with van der Waals surface area (Å²) in [5.41, 5.74) is -1.12. The second-order valence-electron chi connectivity index (χ2n) is 2.72. The molecule has 0 aliphatic heterocycles. The van der Waals surface area contributed by atoms with E-state index in [9.17, 15) is 18.9 Å². The van der Waals surface area contributed by atoms with Crippen molar-refractivity contribution >= 4 is 28.3 Å². The zero-order valence-electron chi connectivity index (χ0n) is 7.65. The first-order chi connectivity index (χ1) is 7.47. The van der Waals surface area contributed by atoms with E-state index < -0.39 is 22.7 Å². The van der Waals surface area contributed by atoms with Crippen LogP contribution in [0.2, 0.25) is 0 Å². The highest BCUT2D eigenvalue weighted by molar-refractivity contribution is 14.1. The molecule has 0 atom stereocenters. The first kappa shape index (κ1) is 12.7. The predicted molar refractivity (Wildman–Crippen MR) is 57.9 cm³/mol. The number of pyridine rings is 1. The summed E-state index contributed by atoms with van der Waals surface area (Å²) in [5, 5.41) is 19.0. The van der Waals surface area contributed by atoms with Gasteiger partial charge in [0.25, 0.3) is 12.1 Å². The van der Waals surface area contributed by atoms with Crippen LogP contribution in [0.25, 0.3) is 0 Å². The molecule has 1 aromatic rings. The van der Waals surface area contributed by atoms with Gasteiger partial charge in [-0.1, -0.05) is 0 Å². The Hall–Kier alpha value is -1.37. The first-order valence-corrected chi connectivity index (χ1v) is 5.04. The number of nitrogens with zero attached hydrogens (tertiary/aromatic N) is 3. The number of hydrogen-bond donors (Lipinski definition) is 0. The molecule has 0 bridgehead atoms. The lowest BCUT2D eigenvalue weighted by atomic mass is 10.2. The van der Waals surface area contributed by atoms with Crippen LogP contribution in [0.1, 0.15) is 17.8 Å². The van der Waals surface area contributed by atoms with E-state index in [1.807, 2.05) is 0 Å². The van der Waals surface area contributed by atoms with E-state index in [0.29, 0.717) is 0 Å². The number of nitro groups is 1. The third-order valence-corrected chi connectivity index (χ3v) is 2.79. The van der Waals surface area contributed by atoms with Crippen molar-refractivity contribution < 1.29 is 13.7 Å². The fourth-order valence-electron chi connectivity index (χ4n) is 1.04. The van der Waals surface area contributed by atoms with Crippen molar-refractivity contribution in [1.29, 1.82) is 5.26 Å². The second kappa shape index (κ2) is 5.11. The van der Waals surface area contributed by atoms with Crippen LogP contribution in [0, 0.1) is 25.0 Å². The van der Waals surface area contributed by atoms with Crippen LogP contribution < -0.4 is 0 Å². The summed E-state index contributed by atoms with van der Waals surface area (Å²) >= 11 is 1.45. The highest BCUT2D eigenvalue weighted by Crippen LogP contribution is 2.30. The smallest absolute Gasteiger partial charge is 0.258 e. The van der Waals surface area contributed by atoms with Crippen molar-refractivity contribution in [3.05, 3.63) is 31.1 Å². The van der Waals surface area contributed by atoms with E-state index >= 15 is 0 Å². The van der Waals surface area contributed by atoms with Crippen LogP contribution in [0.4, 0.5) is 14.5 Å². The zero-order chi connectivity index (χ0) is 12.3. The Morgan fingerprint density at radius 3 is 2.75 bits per heavy atom. The van der Waals surface area contributed by atoms with Gasteiger partial charge in [-0.3, -0.25) is 10.1 Å². The molecule has 16 heavy (non-hydrogen) atoms. The zero-order valence-corrected chi connectivity index (χ0v) is 9.81. The van der Waals surface area contributed by atoms with Crippen molar-refractivity contribution in [2.24, 2.45) is 0 Å². The largest absolute Gasteiger partial charge is 0.286 e. The lowest BCUT2D eigenvalue weighted by Crippen LogP contribution is -2.03. The topological polar surface area (TPSA) is 79.8 Å². The fraction of sp³-hybridized carbons (Fsp3) is 0.250. The summed E-state index contributed by atoms with van der Waals surface area (Å²) in [5.74, 6) is 0. The number of alkyl halides is 2. The highest BCUT2D eigenvalue weighted by Gasteiger charge is 2.24. The van der Waals surface area contributed by atoms with Gasteiger partial charge in [0.2, 0.25) is 0 Å². The number of rotatable bonds is 3. The summed E-state index contributed by atoms with van der Waals surface area (Å²) in [6.07, 6.45) is -3.14. The molecular weight excluding hydrogens is 335 g/mol. The monoisotopic (exact) mass is 339 g/mol. The lowest BCUT2D eigenvalue weighted by Gasteiger charge is -2.05. The molecular formula is C8H4F2IN3O2. The van der Waals surface area contributed by atoms with Gasteiger partial charge in [0, 0.05) is 6.07 Å². The van der Waals surface area contributed by atoms with Crippen molar-refractivity contribution in [2.45, 2.75) is 12.8 Å². The highest BCUT2D eigenvalue weighted by atomic mass is 127. The first-order valence-electron chi connectivity index (χ1n) is 3.96. The maximum absolute atomic E-state index is 12.5. The molecule has 0 aliphatic carbocycles. The third kappa shape index (κ3) is 2.60. The molecule has 0 aliphatic rings. The van der Waals surface area contributed by atoms with E-state index in [-0.39, 0.29) is 15.7 Å². The second-order valence-corrected chi connectivity index (χ2v) is 3.80. The van der Waals surface area contributed by atoms with Gasteiger partial charge in [-0.2, -0.15) is 5.26 Å². The van der Waals surface area contributed by atoms with Crippen LogP contribution in [-0.2, 0) is 6.42 Å². The summed E-state index contributed by atoms with van der Waals surface area (Å²) in [4.78, 5) is 13.4. The van der Waals surface area contributed by atoms with E-state index in [2.05, 4.69) is 4.98 Å². The molecule has 84 valence electrons.